The zero-order chi connectivity index (χ0) is 19.8. The summed E-state index contributed by atoms with van der Waals surface area (Å²) in [5, 5.41) is 9.95. The minimum Gasteiger partial charge on any atom is -0.364 e. The Morgan fingerprint density at radius 2 is 2.14 bits per heavy atom. The van der Waals surface area contributed by atoms with Crippen LogP contribution in [0.3, 0.4) is 0 Å². The van der Waals surface area contributed by atoms with Gasteiger partial charge in [0, 0.05) is 50.4 Å². The van der Waals surface area contributed by atoms with Gasteiger partial charge in [0.05, 0.1) is 0 Å². The van der Waals surface area contributed by atoms with Crippen LogP contribution in [0.25, 0.3) is 0 Å². The van der Waals surface area contributed by atoms with Gasteiger partial charge in [-0.2, -0.15) is 5.10 Å². The number of fused-ring (bicyclic) bond motifs is 1. The second kappa shape index (κ2) is 7.08. The van der Waals surface area contributed by atoms with Crippen LogP contribution in [0.1, 0.15) is 39.9 Å². The molecule has 28 heavy (non-hydrogen) atoms. The Labute approximate surface area is 161 Å². The van der Waals surface area contributed by atoms with E-state index in [2.05, 4.69) is 15.7 Å². The van der Waals surface area contributed by atoms with Crippen molar-refractivity contribution < 1.29 is 14.4 Å². The van der Waals surface area contributed by atoms with Crippen LogP contribution in [0.5, 0.6) is 0 Å². The fourth-order valence-electron chi connectivity index (χ4n) is 3.76. The molecule has 2 aromatic rings. The molecule has 1 aromatic carbocycles. The molecular formula is C19H22N6O3. The SMILES string of the molecule is Cn1cc(CN)c(NCc2ccc3c(c2)CN(C2CCC(=O)NC2=O)C3=O)n1. The zero-order valence-electron chi connectivity index (χ0n) is 15.6. The summed E-state index contributed by atoms with van der Waals surface area (Å²) < 4.78 is 1.71. The van der Waals surface area contributed by atoms with Gasteiger partial charge in [-0.1, -0.05) is 12.1 Å². The van der Waals surface area contributed by atoms with Crippen LogP contribution >= 0.6 is 0 Å². The Bertz CT molecular complexity index is 967. The lowest BCUT2D eigenvalue weighted by Gasteiger charge is -2.29. The third kappa shape index (κ3) is 3.24. The number of hydrogen-bond acceptors (Lipinski definition) is 6. The van der Waals surface area contributed by atoms with Crippen molar-refractivity contribution in [2.24, 2.45) is 12.8 Å². The van der Waals surface area contributed by atoms with Gasteiger partial charge in [-0.05, 0) is 23.6 Å². The van der Waals surface area contributed by atoms with Crippen molar-refractivity contribution in [1.82, 2.24) is 20.0 Å². The van der Waals surface area contributed by atoms with Crippen LogP contribution in [-0.4, -0.2) is 38.4 Å². The van der Waals surface area contributed by atoms with Crippen molar-refractivity contribution in [2.75, 3.05) is 5.32 Å². The number of imide groups is 1. The van der Waals surface area contributed by atoms with E-state index in [0.717, 1.165) is 22.5 Å². The maximum Gasteiger partial charge on any atom is 0.255 e. The molecule has 1 aromatic heterocycles. The Balaban J connectivity index is 1.48. The first-order valence-corrected chi connectivity index (χ1v) is 9.19. The van der Waals surface area contributed by atoms with Crippen LogP contribution in [0.4, 0.5) is 5.82 Å². The molecule has 0 spiro atoms. The summed E-state index contributed by atoms with van der Waals surface area (Å²) in [6.07, 6.45) is 2.49. The number of aryl methyl sites for hydroxylation is 1. The minimum absolute atomic E-state index is 0.167. The first-order valence-electron chi connectivity index (χ1n) is 9.19. The third-order valence-electron chi connectivity index (χ3n) is 5.17. The van der Waals surface area contributed by atoms with E-state index in [0.29, 0.717) is 31.6 Å². The number of carbonyl (C=O) groups excluding carboxylic acids is 3. The number of nitrogens with one attached hydrogen (secondary N) is 2. The molecule has 0 saturated carbocycles. The average Bonchev–Trinajstić information content (AvgIpc) is 3.19. The minimum atomic E-state index is -0.597. The first-order chi connectivity index (χ1) is 13.5. The number of aromatic nitrogens is 2. The monoisotopic (exact) mass is 382 g/mol. The van der Waals surface area contributed by atoms with Gasteiger partial charge in [0.25, 0.3) is 5.91 Å². The van der Waals surface area contributed by atoms with Gasteiger partial charge in [0.15, 0.2) is 5.82 Å². The molecule has 9 nitrogen and oxygen atoms in total. The van der Waals surface area contributed by atoms with Crippen molar-refractivity contribution >= 4 is 23.5 Å². The smallest absolute Gasteiger partial charge is 0.255 e. The van der Waals surface area contributed by atoms with E-state index < -0.39 is 11.9 Å². The normalized spacial score (nSPS) is 19.0. The predicted octanol–water partition coefficient (Wildman–Crippen LogP) is 0.252. The topological polar surface area (TPSA) is 122 Å². The van der Waals surface area contributed by atoms with Gasteiger partial charge < -0.3 is 16.0 Å². The lowest BCUT2D eigenvalue weighted by atomic mass is 10.0. The number of anilines is 1. The van der Waals surface area contributed by atoms with Gasteiger partial charge in [-0.25, -0.2) is 0 Å². The second-order valence-corrected chi connectivity index (χ2v) is 7.13. The van der Waals surface area contributed by atoms with Crippen molar-refractivity contribution in [3.8, 4) is 0 Å². The Kier molecular flexibility index (Phi) is 4.60. The summed E-state index contributed by atoms with van der Waals surface area (Å²) in [4.78, 5) is 37.7. The molecule has 1 saturated heterocycles. The summed E-state index contributed by atoms with van der Waals surface area (Å²) in [6.45, 7) is 1.31. The molecular weight excluding hydrogens is 360 g/mol. The van der Waals surface area contributed by atoms with E-state index in [1.807, 2.05) is 25.4 Å². The highest BCUT2D eigenvalue weighted by Gasteiger charge is 2.39. The second-order valence-electron chi connectivity index (χ2n) is 7.13. The molecule has 0 aliphatic carbocycles. The summed E-state index contributed by atoms with van der Waals surface area (Å²) in [6, 6.07) is 5.06. The number of piperidine rings is 1. The number of carbonyl (C=O) groups is 3. The number of rotatable bonds is 5. The molecule has 2 aliphatic heterocycles. The molecule has 3 amide bonds. The molecule has 4 rings (SSSR count). The van der Waals surface area contributed by atoms with E-state index in [4.69, 9.17) is 5.73 Å². The van der Waals surface area contributed by atoms with Crippen LogP contribution < -0.4 is 16.4 Å². The highest BCUT2D eigenvalue weighted by atomic mass is 16.2. The summed E-state index contributed by atoms with van der Waals surface area (Å²) in [7, 11) is 1.84. The molecule has 3 heterocycles. The summed E-state index contributed by atoms with van der Waals surface area (Å²) in [5.74, 6) is -0.111. The van der Waals surface area contributed by atoms with Gasteiger partial charge in [0.1, 0.15) is 6.04 Å². The van der Waals surface area contributed by atoms with Crippen molar-refractivity contribution in [3.05, 3.63) is 46.6 Å². The average molecular weight is 382 g/mol. The van der Waals surface area contributed by atoms with Gasteiger partial charge in [0.2, 0.25) is 11.8 Å². The first kappa shape index (κ1) is 18.2. The Morgan fingerprint density at radius 1 is 1.32 bits per heavy atom. The van der Waals surface area contributed by atoms with Gasteiger partial charge in [-0.3, -0.25) is 24.4 Å². The van der Waals surface area contributed by atoms with E-state index in [-0.39, 0.29) is 18.2 Å². The molecule has 4 N–H and O–H groups in total. The molecule has 2 aliphatic rings. The van der Waals surface area contributed by atoms with Crippen molar-refractivity contribution in [3.63, 3.8) is 0 Å². The van der Waals surface area contributed by atoms with Gasteiger partial charge in [-0.15, -0.1) is 0 Å². The predicted molar refractivity (Wildman–Crippen MR) is 101 cm³/mol. The molecule has 1 unspecified atom stereocenters. The largest absolute Gasteiger partial charge is 0.364 e. The number of nitrogens with two attached hydrogens (primary N) is 1. The van der Waals surface area contributed by atoms with Gasteiger partial charge >= 0.3 is 0 Å². The molecule has 0 bridgehead atoms. The number of hydrogen-bond donors (Lipinski definition) is 3. The number of nitrogens with zero attached hydrogens (tertiary/aromatic N) is 3. The standard InChI is InChI=1S/C19H22N6O3/c1-24-9-13(7-20)17(23-24)21-8-11-2-3-14-12(6-11)10-25(19(14)28)15-4-5-16(26)22-18(15)27/h2-3,6,9,15H,4-5,7-8,10,20H2,1H3,(H,21,23)(H,22,26,27). The molecule has 146 valence electrons. The van der Waals surface area contributed by atoms with Crippen LogP contribution in [-0.2, 0) is 36.3 Å². The maximum absolute atomic E-state index is 12.7. The summed E-state index contributed by atoms with van der Waals surface area (Å²) >= 11 is 0. The van der Waals surface area contributed by atoms with E-state index in [9.17, 15) is 14.4 Å². The highest BCUT2D eigenvalue weighted by Crippen LogP contribution is 2.28. The maximum atomic E-state index is 12.7. The molecule has 1 fully saturated rings. The van der Waals surface area contributed by atoms with E-state index in [1.165, 1.54) is 0 Å². The Hall–Kier alpha value is -3.20. The fraction of sp³-hybridized carbons (Fsp3) is 0.368. The van der Waals surface area contributed by atoms with E-state index >= 15 is 0 Å². The van der Waals surface area contributed by atoms with Crippen molar-refractivity contribution in [1.29, 1.82) is 0 Å². The van der Waals surface area contributed by atoms with E-state index in [1.54, 1.807) is 15.6 Å². The van der Waals surface area contributed by atoms with Crippen LogP contribution in [0.2, 0.25) is 0 Å². The summed E-state index contributed by atoms with van der Waals surface area (Å²) in [5.41, 5.74) is 9.16. The lowest BCUT2D eigenvalue weighted by molar-refractivity contribution is -0.136. The molecule has 9 heteroatoms. The highest BCUT2D eigenvalue weighted by molar-refractivity contribution is 6.05. The molecule has 0 radical (unpaired) electrons. The van der Waals surface area contributed by atoms with Crippen molar-refractivity contribution in [2.45, 2.75) is 38.5 Å². The lowest BCUT2D eigenvalue weighted by Crippen LogP contribution is -2.52. The fourth-order valence-corrected chi connectivity index (χ4v) is 3.76. The molecule has 1 atom stereocenters. The zero-order valence-corrected chi connectivity index (χ0v) is 15.6. The third-order valence-corrected chi connectivity index (χ3v) is 5.17. The van der Waals surface area contributed by atoms with Crippen LogP contribution in [0.15, 0.2) is 24.4 Å². The van der Waals surface area contributed by atoms with Crippen LogP contribution in [0, 0.1) is 0 Å². The number of amides is 3. The Morgan fingerprint density at radius 3 is 2.89 bits per heavy atom. The number of benzene rings is 1. The quantitative estimate of drug-likeness (QED) is 0.637.